The van der Waals surface area contributed by atoms with Crippen molar-refractivity contribution in [2.45, 2.75) is 44.9 Å². The Morgan fingerprint density at radius 3 is 2.29 bits per heavy atom. The molecular formula is C13H28N2O2. The smallest absolute Gasteiger partial charge is 0.0971 e. The van der Waals surface area contributed by atoms with Gasteiger partial charge in [-0.2, -0.15) is 0 Å². The largest absolute Gasteiger partial charge is 0.377 e. The molecule has 0 amide bonds. The fourth-order valence-corrected chi connectivity index (χ4v) is 2.53. The number of hydrogen-bond donors (Lipinski definition) is 1. The van der Waals surface area contributed by atoms with Crippen molar-refractivity contribution in [2.75, 3.05) is 40.4 Å². The third kappa shape index (κ3) is 4.92. The Balaban J connectivity index is 2.16. The quantitative estimate of drug-likeness (QED) is 0.693. The first-order chi connectivity index (χ1) is 8.21. The number of ether oxygens (including phenoxy) is 2. The molecule has 17 heavy (non-hydrogen) atoms. The maximum absolute atomic E-state index is 5.43. The van der Waals surface area contributed by atoms with Crippen LogP contribution in [0.1, 0.15) is 26.7 Å². The highest BCUT2D eigenvalue weighted by atomic mass is 16.5. The second kappa shape index (κ2) is 8.03. The fourth-order valence-electron chi connectivity index (χ4n) is 2.53. The fraction of sp³-hybridized carbons (Fsp3) is 1.00. The van der Waals surface area contributed by atoms with Crippen molar-refractivity contribution in [1.29, 1.82) is 0 Å². The minimum absolute atomic E-state index is 0.242. The Hall–Kier alpha value is -0.160. The third-order valence-corrected chi connectivity index (χ3v) is 3.56. The summed E-state index contributed by atoms with van der Waals surface area (Å²) in [7, 11) is 3.54. The van der Waals surface area contributed by atoms with Crippen LogP contribution < -0.4 is 5.32 Å². The molecule has 3 atom stereocenters. The van der Waals surface area contributed by atoms with Crippen molar-refractivity contribution in [2.24, 2.45) is 0 Å². The average molecular weight is 244 g/mol. The van der Waals surface area contributed by atoms with Gasteiger partial charge in [0, 0.05) is 33.4 Å². The van der Waals surface area contributed by atoms with E-state index in [2.05, 4.69) is 24.1 Å². The van der Waals surface area contributed by atoms with Gasteiger partial charge in [0.1, 0.15) is 0 Å². The van der Waals surface area contributed by atoms with Crippen LogP contribution in [0.15, 0.2) is 0 Å². The Morgan fingerprint density at radius 1 is 1.24 bits per heavy atom. The third-order valence-electron chi connectivity index (χ3n) is 3.56. The summed E-state index contributed by atoms with van der Waals surface area (Å²) in [5.41, 5.74) is 0. The van der Waals surface area contributed by atoms with Gasteiger partial charge in [-0.25, -0.2) is 0 Å². The van der Waals surface area contributed by atoms with Gasteiger partial charge in [-0.1, -0.05) is 6.92 Å². The zero-order valence-electron chi connectivity index (χ0n) is 11.7. The van der Waals surface area contributed by atoms with Crippen molar-refractivity contribution in [3.05, 3.63) is 0 Å². The van der Waals surface area contributed by atoms with Crippen LogP contribution in [0.5, 0.6) is 0 Å². The molecule has 1 heterocycles. The maximum Gasteiger partial charge on any atom is 0.0971 e. The molecule has 0 radical (unpaired) electrons. The van der Waals surface area contributed by atoms with Crippen LogP contribution in [-0.2, 0) is 9.47 Å². The van der Waals surface area contributed by atoms with Gasteiger partial charge in [-0.3, -0.25) is 4.90 Å². The standard InChI is InChI=1S/C13H28N2O2/c1-5-14-11(2)7-6-8-15-9-12(16-3)13(10-15)17-4/h11-14H,5-10H2,1-4H3. The number of methoxy groups -OCH3 is 2. The molecule has 0 aromatic heterocycles. The van der Waals surface area contributed by atoms with Crippen molar-refractivity contribution < 1.29 is 9.47 Å². The molecular weight excluding hydrogens is 216 g/mol. The molecule has 102 valence electrons. The molecule has 4 heteroatoms. The van der Waals surface area contributed by atoms with Crippen molar-refractivity contribution in [3.63, 3.8) is 0 Å². The zero-order chi connectivity index (χ0) is 12.7. The molecule has 1 fully saturated rings. The summed E-state index contributed by atoms with van der Waals surface area (Å²) in [5.74, 6) is 0. The molecule has 0 aliphatic carbocycles. The van der Waals surface area contributed by atoms with Gasteiger partial charge in [-0.15, -0.1) is 0 Å². The van der Waals surface area contributed by atoms with Crippen LogP contribution in [-0.4, -0.2) is 63.5 Å². The van der Waals surface area contributed by atoms with E-state index in [-0.39, 0.29) is 12.2 Å². The Labute approximate surface area is 106 Å². The minimum Gasteiger partial charge on any atom is -0.377 e. The predicted octanol–water partition coefficient (Wildman–Crippen LogP) is 1.11. The summed E-state index contributed by atoms with van der Waals surface area (Å²) in [6.07, 6.45) is 2.96. The normalized spacial score (nSPS) is 27.5. The van der Waals surface area contributed by atoms with Crippen LogP contribution in [0, 0.1) is 0 Å². The lowest BCUT2D eigenvalue weighted by molar-refractivity contribution is -0.00461. The monoisotopic (exact) mass is 244 g/mol. The Kier molecular flexibility index (Phi) is 7.04. The van der Waals surface area contributed by atoms with Gasteiger partial charge in [0.15, 0.2) is 0 Å². The topological polar surface area (TPSA) is 33.7 Å². The Bertz CT molecular complexity index is 190. The molecule has 0 spiro atoms. The van der Waals surface area contributed by atoms with Crippen molar-refractivity contribution in [3.8, 4) is 0 Å². The summed E-state index contributed by atoms with van der Waals surface area (Å²) in [4.78, 5) is 2.45. The van der Waals surface area contributed by atoms with E-state index >= 15 is 0 Å². The zero-order valence-corrected chi connectivity index (χ0v) is 11.7. The van der Waals surface area contributed by atoms with Gasteiger partial charge < -0.3 is 14.8 Å². The first-order valence-electron chi connectivity index (χ1n) is 6.72. The van der Waals surface area contributed by atoms with E-state index in [1.165, 1.54) is 12.8 Å². The molecule has 1 aliphatic heterocycles. The van der Waals surface area contributed by atoms with E-state index in [1.807, 2.05) is 0 Å². The lowest BCUT2D eigenvalue weighted by Crippen LogP contribution is -2.28. The van der Waals surface area contributed by atoms with E-state index in [9.17, 15) is 0 Å². The van der Waals surface area contributed by atoms with Gasteiger partial charge >= 0.3 is 0 Å². The number of likely N-dealkylation sites (tertiary alicyclic amines) is 1. The summed E-state index contributed by atoms with van der Waals surface area (Å²) in [5, 5.41) is 3.44. The van der Waals surface area contributed by atoms with Crippen LogP contribution in [0.4, 0.5) is 0 Å². The second-order valence-electron chi connectivity index (χ2n) is 4.91. The summed E-state index contributed by atoms with van der Waals surface area (Å²) in [6.45, 7) is 8.62. The first-order valence-corrected chi connectivity index (χ1v) is 6.72. The summed E-state index contributed by atoms with van der Waals surface area (Å²) >= 11 is 0. The highest BCUT2D eigenvalue weighted by Gasteiger charge is 2.32. The van der Waals surface area contributed by atoms with Gasteiger partial charge in [0.25, 0.3) is 0 Å². The number of nitrogens with zero attached hydrogens (tertiary/aromatic N) is 1. The molecule has 0 bridgehead atoms. The Morgan fingerprint density at radius 2 is 1.82 bits per heavy atom. The molecule has 1 aliphatic rings. The van der Waals surface area contributed by atoms with Crippen molar-refractivity contribution >= 4 is 0 Å². The average Bonchev–Trinajstić information content (AvgIpc) is 2.72. The molecule has 1 N–H and O–H groups in total. The van der Waals surface area contributed by atoms with Gasteiger partial charge in [0.05, 0.1) is 12.2 Å². The van der Waals surface area contributed by atoms with Gasteiger partial charge in [-0.05, 0) is 32.9 Å². The number of nitrogens with one attached hydrogen (secondary N) is 1. The van der Waals surface area contributed by atoms with E-state index < -0.39 is 0 Å². The highest BCUT2D eigenvalue weighted by molar-refractivity contribution is 4.85. The molecule has 3 unspecified atom stereocenters. The number of rotatable bonds is 8. The van der Waals surface area contributed by atoms with Crippen LogP contribution >= 0.6 is 0 Å². The maximum atomic E-state index is 5.43. The minimum atomic E-state index is 0.242. The molecule has 0 aromatic rings. The van der Waals surface area contributed by atoms with Crippen LogP contribution in [0.2, 0.25) is 0 Å². The highest BCUT2D eigenvalue weighted by Crippen LogP contribution is 2.16. The molecule has 4 nitrogen and oxygen atoms in total. The van der Waals surface area contributed by atoms with E-state index in [0.717, 1.165) is 26.2 Å². The number of hydrogen-bond acceptors (Lipinski definition) is 4. The van der Waals surface area contributed by atoms with E-state index in [4.69, 9.17) is 9.47 Å². The lowest BCUT2D eigenvalue weighted by Gasteiger charge is -2.17. The molecule has 0 saturated carbocycles. The first kappa shape index (κ1) is 14.9. The summed E-state index contributed by atoms with van der Waals surface area (Å²) in [6, 6.07) is 0.624. The van der Waals surface area contributed by atoms with Gasteiger partial charge in [0.2, 0.25) is 0 Å². The van der Waals surface area contributed by atoms with Crippen LogP contribution in [0.25, 0.3) is 0 Å². The predicted molar refractivity (Wildman–Crippen MR) is 70.4 cm³/mol. The van der Waals surface area contributed by atoms with E-state index in [0.29, 0.717) is 6.04 Å². The SMILES string of the molecule is CCNC(C)CCCN1CC(OC)C(OC)C1. The van der Waals surface area contributed by atoms with E-state index in [1.54, 1.807) is 14.2 Å². The lowest BCUT2D eigenvalue weighted by atomic mass is 10.2. The second-order valence-corrected chi connectivity index (χ2v) is 4.91. The molecule has 0 aromatic carbocycles. The van der Waals surface area contributed by atoms with Crippen LogP contribution in [0.3, 0.4) is 0 Å². The summed E-state index contributed by atoms with van der Waals surface area (Å²) < 4.78 is 10.9. The molecule has 1 rings (SSSR count). The molecule has 1 saturated heterocycles. The van der Waals surface area contributed by atoms with Crippen molar-refractivity contribution in [1.82, 2.24) is 10.2 Å².